The fourth-order valence-electron chi connectivity index (χ4n) is 2.41. The second-order valence-electron chi connectivity index (χ2n) is 7.13. The van der Waals surface area contributed by atoms with E-state index in [2.05, 4.69) is 38.2 Å². The number of carbonyl (C=O) groups excluding carboxylic acids is 1. The lowest BCUT2D eigenvalue weighted by molar-refractivity contribution is -0.121. The van der Waals surface area contributed by atoms with Gasteiger partial charge >= 0.3 is 0 Å². The minimum absolute atomic E-state index is 0.0201. The first-order chi connectivity index (χ1) is 11.8. The lowest BCUT2D eigenvalue weighted by Crippen LogP contribution is -2.22. The van der Waals surface area contributed by atoms with Gasteiger partial charge in [-0.2, -0.15) is 0 Å². The molecule has 0 saturated carbocycles. The van der Waals surface area contributed by atoms with E-state index in [-0.39, 0.29) is 11.3 Å². The second-order valence-corrected chi connectivity index (χ2v) is 7.57. The maximum atomic E-state index is 11.9. The highest BCUT2D eigenvalue weighted by Crippen LogP contribution is 2.24. The fraction of sp³-hybridized carbons (Fsp3) is 0.381. The maximum Gasteiger partial charge on any atom is 0.220 e. The highest BCUT2D eigenvalue weighted by molar-refractivity contribution is 6.30. The van der Waals surface area contributed by atoms with Gasteiger partial charge in [0.05, 0.1) is 6.61 Å². The molecule has 0 bridgehead atoms. The van der Waals surface area contributed by atoms with Crippen molar-refractivity contribution in [1.82, 2.24) is 5.32 Å². The van der Waals surface area contributed by atoms with Gasteiger partial charge in [0.25, 0.3) is 0 Å². The van der Waals surface area contributed by atoms with Gasteiger partial charge in [-0.05, 0) is 47.2 Å². The molecule has 0 aliphatic heterocycles. The number of hydrogen-bond acceptors (Lipinski definition) is 2. The van der Waals surface area contributed by atoms with Crippen LogP contribution in [0.5, 0.6) is 5.75 Å². The van der Waals surface area contributed by atoms with Crippen LogP contribution in [-0.4, -0.2) is 12.5 Å². The predicted molar refractivity (Wildman–Crippen MR) is 103 cm³/mol. The number of ether oxygens (including phenoxy) is 1. The van der Waals surface area contributed by atoms with E-state index in [0.29, 0.717) is 31.0 Å². The molecule has 0 saturated heterocycles. The first kappa shape index (κ1) is 19.3. The molecule has 2 aromatic rings. The van der Waals surface area contributed by atoms with Crippen molar-refractivity contribution < 1.29 is 9.53 Å². The fourth-order valence-corrected chi connectivity index (χ4v) is 2.62. The molecular formula is C21H26ClNO2. The van der Waals surface area contributed by atoms with Crippen molar-refractivity contribution in [3.63, 3.8) is 0 Å². The zero-order valence-electron chi connectivity index (χ0n) is 15.1. The molecule has 134 valence electrons. The van der Waals surface area contributed by atoms with Crippen molar-refractivity contribution in [2.45, 2.75) is 45.6 Å². The molecule has 1 N–H and O–H groups in total. The van der Waals surface area contributed by atoms with Crippen LogP contribution in [0.25, 0.3) is 0 Å². The Kier molecular flexibility index (Phi) is 6.89. The Balaban J connectivity index is 1.66. The van der Waals surface area contributed by atoms with Gasteiger partial charge in [-0.25, -0.2) is 0 Å². The zero-order valence-corrected chi connectivity index (χ0v) is 15.9. The van der Waals surface area contributed by atoms with E-state index in [1.807, 2.05) is 36.4 Å². The zero-order chi connectivity index (χ0) is 18.3. The van der Waals surface area contributed by atoms with Crippen molar-refractivity contribution in [1.29, 1.82) is 0 Å². The van der Waals surface area contributed by atoms with Crippen LogP contribution in [0.15, 0.2) is 48.5 Å². The van der Waals surface area contributed by atoms with Crippen molar-refractivity contribution >= 4 is 17.5 Å². The monoisotopic (exact) mass is 359 g/mol. The molecule has 0 spiro atoms. The third kappa shape index (κ3) is 6.79. The van der Waals surface area contributed by atoms with E-state index in [1.165, 1.54) is 5.56 Å². The molecule has 0 radical (unpaired) electrons. The molecule has 4 heteroatoms. The lowest BCUT2D eigenvalue weighted by Gasteiger charge is -2.19. The minimum atomic E-state index is 0.0201. The third-order valence-electron chi connectivity index (χ3n) is 3.92. The quantitative estimate of drug-likeness (QED) is 0.697. The van der Waals surface area contributed by atoms with Gasteiger partial charge in [0.2, 0.25) is 5.91 Å². The van der Waals surface area contributed by atoms with Crippen LogP contribution in [0.2, 0.25) is 5.02 Å². The molecule has 3 nitrogen and oxygen atoms in total. The van der Waals surface area contributed by atoms with Crippen LogP contribution < -0.4 is 10.1 Å². The van der Waals surface area contributed by atoms with E-state index < -0.39 is 0 Å². The molecule has 0 aliphatic rings. The van der Waals surface area contributed by atoms with Crippen LogP contribution >= 0.6 is 11.6 Å². The number of amides is 1. The summed E-state index contributed by atoms with van der Waals surface area (Å²) in [7, 11) is 0. The topological polar surface area (TPSA) is 38.3 Å². The molecule has 0 unspecified atom stereocenters. The van der Waals surface area contributed by atoms with Crippen molar-refractivity contribution in [2.75, 3.05) is 6.61 Å². The van der Waals surface area contributed by atoms with Crippen LogP contribution in [0, 0.1) is 0 Å². The molecule has 2 rings (SSSR count). The minimum Gasteiger partial charge on any atom is -0.494 e. The summed E-state index contributed by atoms with van der Waals surface area (Å²) in [5.74, 6) is 0.860. The van der Waals surface area contributed by atoms with E-state index >= 15 is 0 Å². The molecule has 0 heterocycles. The highest BCUT2D eigenvalue weighted by Gasteiger charge is 2.12. The van der Waals surface area contributed by atoms with E-state index in [0.717, 1.165) is 11.3 Å². The van der Waals surface area contributed by atoms with Gasteiger partial charge in [-0.15, -0.1) is 0 Å². The first-order valence-corrected chi connectivity index (χ1v) is 8.97. The SMILES string of the molecule is CC(C)(C)c1ccc(OCCCC(=O)NCc2cccc(Cl)c2)cc1. The number of carbonyl (C=O) groups is 1. The number of hydrogen-bond donors (Lipinski definition) is 1. The molecular weight excluding hydrogens is 334 g/mol. The molecule has 0 fully saturated rings. The number of benzene rings is 2. The normalized spacial score (nSPS) is 11.2. The smallest absolute Gasteiger partial charge is 0.220 e. The van der Waals surface area contributed by atoms with Crippen LogP contribution in [0.4, 0.5) is 0 Å². The molecule has 1 amide bonds. The summed E-state index contributed by atoms with van der Waals surface area (Å²) in [5.41, 5.74) is 2.41. The van der Waals surface area contributed by atoms with Crippen LogP contribution in [-0.2, 0) is 16.8 Å². The Bertz CT molecular complexity index is 690. The van der Waals surface area contributed by atoms with Gasteiger partial charge in [-0.1, -0.05) is 56.6 Å². The number of halogens is 1. The van der Waals surface area contributed by atoms with Crippen LogP contribution in [0.3, 0.4) is 0 Å². The van der Waals surface area contributed by atoms with E-state index in [4.69, 9.17) is 16.3 Å². The molecule has 25 heavy (non-hydrogen) atoms. The second kappa shape index (κ2) is 8.91. The van der Waals surface area contributed by atoms with Gasteiger partial charge in [0, 0.05) is 18.0 Å². The van der Waals surface area contributed by atoms with Gasteiger partial charge in [-0.3, -0.25) is 4.79 Å². The summed E-state index contributed by atoms with van der Waals surface area (Å²) in [6.07, 6.45) is 1.13. The Morgan fingerprint density at radius 2 is 1.84 bits per heavy atom. The van der Waals surface area contributed by atoms with Gasteiger partial charge in [0.15, 0.2) is 0 Å². The Morgan fingerprint density at radius 3 is 2.48 bits per heavy atom. The van der Waals surface area contributed by atoms with Gasteiger partial charge < -0.3 is 10.1 Å². The first-order valence-electron chi connectivity index (χ1n) is 8.59. The number of nitrogens with one attached hydrogen (secondary N) is 1. The Morgan fingerprint density at radius 1 is 1.12 bits per heavy atom. The summed E-state index contributed by atoms with van der Waals surface area (Å²) >= 11 is 5.93. The molecule has 0 atom stereocenters. The summed E-state index contributed by atoms with van der Waals surface area (Å²) in [4.78, 5) is 11.9. The van der Waals surface area contributed by atoms with Crippen molar-refractivity contribution in [3.8, 4) is 5.75 Å². The average Bonchev–Trinajstić information content (AvgIpc) is 2.57. The lowest BCUT2D eigenvalue weighted by atomic mass is 9.87. The van der Waals surface area contributed by atoms with Gasteiger partial charge in [0.1, 0.15) is 5.75 Å². The molecule has 0 aliphatic carbocycles. The number of rotatable bonds is 7. The highest BCUT2D eigenvalue weighted by atomic mass is 35.5. The van der Waals surface area contributed by atoms with E-state index in [9.17, 15) is 4.79 Å². The third-order valence-corrected chi connectivity index (χ3v) is 4.15. The molecule has 0 aromatic heterocycles. The molecule has 2 aromatic carbocycles. The summed E-state index contributed by atoms with van der Waals surface area (Å²) in [6.45, 7) is 7.58. The maximum absolute atomic E-state index is 11.9. The largest absolute Gasteiger partial charge is 0.494 e. The van der Waals surface area contributed by atoms with Crippen molar-refractivity contribution in [2.24, 2.45) is 0 Å². The Hall–Kier alpha value is -2.00. The predicted octanol–water partition coefficient (Wildman–Crippen LogP) is 5.11. The Labute approximate surface area is 155 Å². The average molecular weight is 360 g/mol. The standard InChI is InChI=1S/C21H26ClNO2/c1-21(2,3)17-9-11-19(12-10-17)25-13-5-8-20(24)23-15-16-6-4-7-18(22)14-16/h4,6-7,9-12,14H,5,8,13,15H2,1-3H3,(H,23,24). The van der Waals surface area contributed by atoms with E-state index in [1.54, 1.807) is 0 Å². The summed E-state index contributed by atoms with van der Waals surface area (Å²) in [6, 6.07) is 15.6. The summed E-state index contributed by atoms with van der Waals surface area (Å²) in [5, 5.41) is 3.57. The van der Waals surface area contributed by atoms with Crippen LogP contribution in [0.1, 0.15) is 44.7 Å². The summed E-state index contributed by atoms with van der Waals surface area (Å²) < 4.78 is 5.71. The van der Waals surface area contributed by atoms with Crippen molar-refractivity contribution in [3.05, 3.63) is 64.7 Å².